The van der Waals surface area contributed by atoms with Crippen LogP contribution in [0.25, 0.3) is 0 Å². The maximum Gasteiger partial charge on any atom is 0.0894 e. The second-order valence-corrected chi connectivity index (χ2v) is 7.85. The number of benzene rings is 1. The summed E-state index contributed by atoms with van der Waals surface area (Å²) in [6, 6.07) is 8.59. The molecule has 0 fully saturated rings. The van der Waals surface area contributed by atoms with Gasteiger partial charge in [0.1, 0.15) is 0 Å². The van der Waals surface area contributed by atoms with Crippen molar-refractivity contribution >= 4 is 17.8 Å². The van der Waals surface area contributed by atoms with Gasteiger partial charge >= 0.3 is 0 Å². The Labute approximate surface area is 162 Å². The average molecular weight is 377 g/mol. The van der Waals surface area contributed by atoms with Crippen LogP contribution in [-0.4, -0.2) is 23.4 Å². The van der Waals surface area contributed by atoms with Crippen LogP contribution in [-0.2, 0) is 12.8 Å². The van der Waals surface area contributed by atoms with Gasteiger partial charge in [-0.3, -0.25) is 9.40 Å². The van der Waals surface area contributed by atoms with Crippen LogP contribution in [0.2, 0.25) is 0 Å². The molecule has 2 nitrogen and oxygen atoms in total. The molecule has 0 atom stereocenters. The molecule has 1 aromatic carbocycles. The van der Waals surface area contributed by atoms with Crippen LogP contribution in [0.1, 0.15) is 57.6 Å². The number of rotatable bonds is 9. The summed E-state index contributed by atoms with van der Waals surface area (Å²) in [4.78, 5) is 0. The van der Waals surface area contributed by atoms with E-state index in [1.54, 1.807) is 0 Å². The van der Waals surface area contributed by atoms with E-state index in [0.29, 0.717) is 11.5 Å². The fraction of sp³-hybridized carbons (Fsp3) is 0.500. The van der Waals surface area contributed by atoms with Gasteiger partial charge in [0.15, 0.2) is 0 Å². The van der Waals surface area contributed by atoms with Crippen molar-refractivity contribution in [3.63, 3.8) is 0 Å². The van der Waals surface area contributed by atoms with E-state index in [1.807, 2.05) is 11.2 Å². The number of hydrazone groups is 1. The molecule has 0 N–H and O–H groups in total. The molecule has 2 rings (SSSR count). The molecule has 0 aromatic heterocycles. The third-order valence-corrected chi connectivity index (χ3v) is 5.57. The highest BCUT2D eigenvalue weighted by Crippen LogP contribution is 2.33. The molecule has 0 bridgehead atoms. The minimum Gasteiger partial charge on any atom is -0.259 e. The van der Waals surface area contributed by atoms with E-state index in [1.165, 1.54) is 11.1 Å². The monoisotopic (exact) mass is 376 g/mol. The maximum atomic E-state index is 12.2. The first kappa shape index (κ1) is 20.7. The van der Waals surface area contributed by atoms with Crippen LogP contribution in [0, 0.1) is 0 Å². The SMILES string of the molecule is C=C1C(Cl)=C(CCc2ccc(CCCCF)cc2)C=NN1C(C)(C)CC. The van der Waals surface area contributed by atoms with E-state index >= 15 is 0 Å². The number of alkyl halides is 1. The summed E-state index contributed by atoms with van der Waals surface area (Å²) in [6.45, 7) is 10.3. The largest absolute Gasteiger partial charge is 0.259 e. The van der Waals surface area contributed by atoms with Crippen molar-refractivity contribution in [1.29, 1.82) is 0 Å². The first-order chi connectivity index (χ1) is 12.4. The fourth-order valence-electron chi connectivity index (χ4n) is 2.95. The van der Waals surface area contributed by atoms with E-state index < -0.39 is 0 Å². The van der Waals surface area contributed by atoms with Crippen molar-refractivity contribution in [1.82, 2.24) is 5.01 Å². The quantitative estimate of drug-likeness (QED) is 0.455. The summed E-state index contributed by atoms with van der Waals surface area (Å²) >= 11 is 6.57. The van der Waals surface area contributed by atoms with Gasteiger partial charge < -0.3 is 0 Å². The molecule has 26 heavy (non-hydrogen) atoms. The number of hydrogen-bond donors (Lipinski definition) is 0. The zero-order chi connectivity index (χ0) is 19.2. The molecule has 1 aromatic rings. The average Bonchev–Trinajstić information content (AvgIpc) is 2.64. The molecular formula is C22H30ClFN2. The lowest BCUT2D eigenvalue weighted by Crippen LogP contribution is -2.40. The lowest BCUT2D eigenvalue weighted by molar-refractivity contribution is 0.171. The second kappa shape index (κ2) is 9.36. The highest BCUT2D eigenvalue weighted by Gasteiger charge is 2.29. The Morgan fingerprint density at radius 1 is 1.08 bits per heavy atom. The molecule has 0 aliphatic carbocycles. The molecule has 1 aliphatic heterocycles. The molecule has 1 aliphatic rings. The van der Waals surface area contributed by atoms with E-state index in [0.717, 1.165) is 43.4 Å². The molecule has 4 heteroatoms. The van der Waals surface area contributed by atoms with Crippen molar-refractivity contribution in [3.8, 4) is 0 Å². The van der Waals surface area contributed by atoms with Gasteiger partial charge in [0, 0.05) is 0 Å². The fourth-order valence-corrected chi connectivity index (χ4v) is 3.18. The van der Waals surface area contributed by atoms with Crippen molar-refractivity contribution in [2.75, 3.05) is 6.67 Å². The first-order valence-electron chi connectivity index (χ1n) is 9.45. The predicted molar refractivity (Wildman–Crippen MR) is 110 cm³/mol. The first-order valence-corrected chi connectivity index (χ1v) is 9.82. The highest BCUT2D eigenvalue weighted by atomic mass is 35.5. The van der Waals surface area contributed by atoms with Crippen molar-refractivity contribution in [2.24, 2.45) is 5.10 Å². The number of nitrogens with zero attached hydrogens (tertiary/aromatic N) is 2. The highest BCUT2D eigenvalue weighted by molar-refractivity contribution is 6.33. The Kier molecular flexibility index (Phi) is 7.45. The topological polar surface area (TPSA) is 15.6 Å². The minimum atomic E-state index is -0.229. The summed E-state index contributed by atoms with van der Waals surface area (Å²) in [5.74, 6) is 0. The third-order valence-electron chi connectivity index (χ3n) is 5.11. The molecular weight excluding hydrogens is 347 g/mol. The van der Waals surface area contributed by atoms with E-state index in [4.69, 9.17) is 11.6 Å². The molecule has 0 spiro atoms. The van der Waals surface area contributed by atoms with Gasteiger partial charge in [-0.05, 0) is 69.1 Å². The number of halogens is 2. The molecule has 0 amide bonds. The lowest BCUT2D eigenvalue weighted by atomic mass is 9.98. The van der Waals surface area contributed by atoms with Crippen LogP contribution < -0.4 is 0 Å². The summed E-state index contributed by atoms with van der Waals surface area (Å²) in [5.41, 5.74) is 4.25. The van der Waals surface area contributed by atoms with Gasteiger partial charge in [-0.15, -0.1) is 0 Å². The van der Waals surface area contributed by atoms with E-state index in [2.05, 4.69) is 56.7 Å². The Morgan fingerprint density at radius 3 is 2.27 bits per heavy atom. The Morgan fingerprint density at radius 2 is 1.69 bits per heavy atom. The van der Waals surface area contributed by atoms with Crippen LogP contribution >= 0.6 is 11.6 Å². The van der Waals surface area contributed by atoms with Gasteiger partial charge in [0.25, 0.3) is 0 Å². The summed E-state index contributed by atoms with van der Waals surface area (Å²) < 4.78 is 12.2. The van der Waals surface area contributed by atoms with Crippen molar-refractivity contribution < 1.29 is 4.39 Å². The van der Waals surface area contributed by atoms with Crippen molar-refractivity contribution in [2.45, 2.75) is 64.8 Å². The Bertz CT molecular complexity index is 674. The third kappa shape index (κ3) is 5.20. The minimum absolute atomic E-state index is 0.1000. The molecule has 1 heterocycles. The normalized spacial score (nSPS) is 15.1. The molecule has 0 unspecified atom stereocenters. The molecule has 0 saturated carbocycles. The predicted octanol–water partition coefficient (Wildman–Crippen LogP) is 6.41. The van der Waals surface area contributed by atoms with E-state index in [-0.39, 0.29) is 12.2 Å². The molecule has 0 saturated heterocycles. The number of unbranched alkanes of at least 4 members (excludes halogenated alkanes) is 1. The number of aryl methyl sites for hydroxylation is 2. The van der Waals surface area contributed by atoms with Crippen LogP contribution in [0.15, 0.2) is 52.2 Å². The van der Waals surface area contributed by atoms with Gasteiger partial charge in [-0.1, -0.05) is 49.4 Å². The molecule has 0 radical (unpaired) electrons. The number of allylic oxidation sites excluding steroid dienone is 2. The van der Waals surface area contributed by atoms with Crippen LogP contribution in [0.3, 0.4) is 0 Å². The Balaban J connectivity index is 1.95. The Hall–Kier alpha value is -1.61. The summed E-state index contributed by atoms with van der Waals surface area (Å²) in [7, 11) is 0. The van der Waals surface area contributed by atoms with Gasteiger partial charge in [-0.25, -0.2) is 0 Å². The zero-order valence-corrected chi connectivity index (χ0v) is 16.9. The second-order valence-electron chi connectivity index (χ2n) is 7.47. The smallest absolute Gasteiger partial charge is 0.0894 e. The van der Waals surface area contributed by atoms with Gasteiger partial charge in [0.05, 0.1) is 29.2 Å². The standard InChI is InChI=1S/C22H30ClFN2/c1-5-22(3,4)26-17(2)21(23)20(16-25-26)14-13-19-11-9-18(10-12-19)8-6-7-15-24/h9-12,16H,2,5-8,13-15H2,1,3-4H3. The zero-order valence-electron chi connectivity index (χ0n) is 16.2. The summed E-state index contributed by atoms with van der Waals surface area (Å²) in [6.07, 6.45) is 7.07. The van der Waals surface area contributed by atoms with E-state index in [9.17, 15) is 4.39 Å². The van der Waals surface area contributed by atoms with Crippen LogP contribution in [0.5, 0.6) is 0 Å². The van der Waals surface area contributed by atoms with Gasteiger partial charge in [0.2, 0.25) is 0 Å². The van der Waals surface area contributed by atoms with Crippen LogP contribution in [0.4, 0.5) is 4.39 Å². The lowest BCUT2D eigenvalue weighted by Gasteiger charge is -2.38. The maximum absolute atomic E-state index is 12.2. The van der Waals surface area contributed by atoms with Gasteiger partial charge in [-0.2, -0.15) is 5.10 Å². The summed E-state index contributed by atoms with van der Waals surface area (Å²) in [5, 5.41) is 7.22. The number of hydrogen-bond acceptors (Lipinski definition) is 2. The van der Waals surface area contributed by atoms with Crippen molar-refractivity contribution in [3.05, 3.63) is 58.3 Å². The molecule has 142 valence electrons.